The minimum Gasteiger partial charge on any atom is -0.508 e. The van der Waals surface area contributed by atoms with Gasteiger partial charge in [0.15, 0.2) is 0 Å². The van der Waals surface area contributed by atoms with Crippen molar-refractivity contribution in [1.82, 2.24) is 4.90 Å². The summed E-state index contributed by atoms with van der Waals surface area (Å²) in [5, 5.41) is 10.4. The number of thioether (sulfide) groups is 1. The number of nitrogens with zero attached hydrogens (tertiary/aromatic N) is 1. The average Bonchev–Trinajstić information content (AvgIpc) is 3.12. The van der Waals surface area contributed by atoms with Gasteiger partial charge < -0.3 is 19.2 Å². The largest absolute Gasteiger partial charge is 0.508 e. The molecule has 0 saturated carbocycles. The van der Waals surface area contributed by atoms with Crippen molar-refractivity contribution in [1.29, 1.82) is 0 Å². The van der Waals surface area contributed by atoms with Crippen LogP contribution in [0.2, 0.25) is 0 Å². The van der Waals surface area contributed by atoms with Crippen molar-refractivity contribution in [3.63, 3.8) is 0 Å². The van der Waals surface area contributed by atoms with Crippen LogP contribution in [0.5, 0.6) is 5.75 Å². The van der Waals surface area contributed by atoms with Crippen LogP contribution in [0, 0.1) is 6.92 Å². The second-order valence-corrected chi connectivity index (χ2v) is 8.55. The van der Waals surface area contributed by atoms with Crippen molar-refractivity contribution in [2.24, 2.45) is 0 Å². The molecule has 1 N–H and O–H groups in total. The molecule has 2 saturated heterocycles. The number of fused-ring (bicyclic) bond motifs is 2. The maximum atomic E-state index is 12.6. The molecule has 1 aromatic carbocycles. The van der Waals surface area contributed by atoms with Gasteiger partial charge in [-0.25, -0.2) is 9.59 Å². The van der Waals surface area contributed by atoms with Gasteiger partial charge in [-0.2, -0.15) is 0 Å². The van der Waals surface area contributed by atoms with Crippen LogP contribution in [0.3, 0.4) is 0 Å². The highest BCUT2D eigenvalue weighted by atomic mass is 32.2. The van der Waals surface area contributed by atoms with E-state index < -0.39 is 17.6 Å². The lowest BCUT2D eigenvalue weighted by molar-refractivity contribution is -0.154. The predicted octanol–water partition coefficient (Wildman–Crippen LogP) is 2.30. The van der Waals surface area contributed by atoms with Crippen LogP contribution in [0.25, 0.3) is 11.0 Å². The third-order valence-electron chi connectivity index (χ3n) is 5.30. The fourth-order valence-corrected chi connectivity index (χ4v) is 5.19. The quantitative estimate of drug-likeness (QED) is 0.635. The van der Waals surface area contributed by atoms with Gasteiger partial charge >= 0.3 is 11.6 Å². The molecule has 142 valence electrons. The number of carbonyl (C=O) groups excluding carboxylic acids is 2. The molecule has 4 rings (SSSR count). The normalized spacial score (nSPS) is 24.4. The Morgan fingerprint density at radius 3 is 3.00 bits per heavy atom. The van der Waals surface area contributed by atoms with Gasteiger partial charge in [0.05, 0.1) is 4.87 Å². The van der Waals surface area contributed by atoms with Crippen molar-refractivity contribution < 1.29 is 23.8 Å². The molecule has 0 unspecified atom stereocenters. The lowest BCUT2D eigenvalue weighted by Gasteiger charge is -2.29. The molecule has 1 amide bonds. The summed E-state index contributed by atoms with van der Waals surface area (Å²) in [4.78, 5) is 37.9. The van der Waals surface area contributed by atoms with Gasteiger partial charge in [-0.15, -0.1) is 11.8 Å². The highest BCUT2D eigenvalue weighted by Crippen LogP contribution is 2.47. The number of rotatable bonds is 3. The molecule has 3 heterocycles. The van der Waals surface area contributed by atoms with E-state index in [9.17, 15) is 19.5 Å². The first-order valence-corrected chi connectivity index (χ1v) is 9.67. The number of esters is 1. The number of phenolic OH excluding ortho intramolecular Hbond substituents is 1. The van der Waals surface area contributed by atoms with E-state index in [2.05, 4.69) is 0 Å². The number of phenols is 1. The predicted molar refractivity (Wildman–Crippen MR) is 99.4 cm³/mol. The maximum Gasteiger partial charge on any atom is 0.336 e. The lowest BCUT2D eigenvalue weighted by atomic mass is 10.1. The van der Waals surface area contributed by atoms with Crippen molar-refractivity contribution in [2.45, 2.75) is 44.2 Å². The van der Waals surface area contributed by atoms with Gasteiger partial charge in [0.25, 0.3) is 0 Å². The number of hydrogen-bond donors (Lipinski definition) is 1. The minimum atomic E-state index is -0.604. The Kier molecular flexibility index (Phi) is 4.18. The Labute approximate surface area is 159 Å². The zero-order valence-corrected chi connectivity index (χ0v) is 15.8. The summed E-state index contributed by atoms with van der Waals surface area (Å²) in [6, 6.07) is 3.80. The van der Waals surface area contributed by atoms with Crippen LogP contribution in [-0.4, -0.2) is 38.5 Å². The molecular weight excluding hydrogens is 370 g/mol. The Balaban J connectivity index is 1.57. The highest BCUT2D eigenvalue weighted by molar-refractivity contribution is 8.01. The molecule has 2 aromatic rings. The molecule has 1 aromatic heterocycles. The zero-order valence-electron chi connectivity index (χ0n) is 15.0. The van der Waals surface area contributed by atoms with Crippen LogP contribution >= 0.6 is 11.8 Å². The lowest BCUT2D eigenvalue weighted by Crippen LogP contribution is -2.46. The van der Waals surface area contributed by atoms with Gasteiger partial charge in [-0.3, -0.25) is 4.79 Å². The average molecular weight is 389 g/mol. The smallest absolute Gasteiger partial charge is 0.336 e. The van der Waals surface area contributed by atoms with Gasteiger partial charge in [-0.1, -0.05) is 0 Å². The molecule has 2 atom stereocenters. The number of benzene rings is 1. The van der Waals surface area contributed by atoms with E-state index >= 15 is 0 Å². The van der Waals surface area contributed by atoms with Gasteiger partial charge in [0, 0.05) is 34.8 Å². The molecule has 7 nitrogen and oxygen atoms in total. The molecule has 2 aliphatic heterocycles. The summed E-state index contributed by atoms with van der Waals surface area (Å²) in [5.74, 6) is 0.0282. The molecule has 0 spiro atoms. The number of carbonyl (C=O) groups is 2. The number of aromatic hydroxyl groups is 1. The fourth-order valence-electron chi connectivity index (χ4n) is 3.78. The maximum absolute atomic E-state index is 12.6. The van der Waals surface area contributed by atoms with E-state index in [1.165, 1.54) is 12.1 Å². The first kappa shape index (κ1) is 17.9. The molecule has 2 fully saturated rings. The van der Waals surface area contributed by atoms with Crippen LogP contribution in [0.4, 0.5) is 0 Å². The Morgan fingerprint density at radius 2 is 2.22 bits per heavy atom. The minimum absolute atomic E-state index is 0.0228. The monoisotopic (exact) mass is 389 g/mol. The topological polar surface area (TPSA) is 97.0 Å². The Hall–Kier alpha value is -2.48. The summed E-state index contributed by atoms with van der Waals surface area (Å²) in [6.45, 7) is 3.51. The van der Waals surface area contributed by atoms with Crippen molar-refractivity contribution in [3.05, 3.63) is 39.7 Å². The highest BCUT2D eigenvalue weighted by Gasteiger charge is 2.53. The van der Waals surface area contributed by atoms with E-state index in [4.69, 9.17) is 9.15 Å². The van der Waals surface area contributed by atoms with Crippen LogP contribution in [-0.2, 0) is 20.9 Å². The molecule has 8 heteroatoms. The van der Waals surface area contributed by atoms with E-state index in [1.54, 1.807) is 29.7 Å². The molecule has 0 aliphatic carbocycles. The summed E-state index contributed by atoms with van der Waals surface area (Å²) < 4.78 is 10.6. The van der Waals surface area contributed by atoms with Crippen molar-refractivity contribution in [2.75, 3.05) is 5.75 Å². The SMILES string of the molecule is Cc1c(O)ccc2c(COC(=O)[C@H]3CS[C@]4(C)CCC(=O)N34)cc(=O)oc12. The summed E-state index contributed by atoms with van der Waals surface area (Å²) >= 11 is 1.60. The Bertz CT molecular complexity index is 1020. The van der Waals surface area contributed by atoms with Crippen molar-refractivity contribution >= 4 is 34.6 Å². The summed E-state index contributed by atoms with van der Waals surface area (Å²) in [7, 11) is 0. The molecule has 27 heavy (non-hydrogen) atoms. The zero-order chi connectivity index (χ0) is 19.3. The van der Waals surface area contributed by atoms with Crippen molar-refractivity contribution in [3.8, 4) is 5.75 Å². The van der Waals surface area contributed by atoms with E-state index in [-0.39, 0.29) is 28.7 Å². The third kappa shape index (κ3) is 2.88. The number of aryl methyl sites for hydroxylation is 1. The third-order valence-corrected chi connectivity index (χ3v) is 6.81. The van der Waals surface area contributed by atoms with Crippen LogP contribution in [0.15, 0.2) is 27.4 Å². The van der Waals surface area contributed by atoms with Gasteiger partial charge in [-0.05, 0) is 32.4 Å². The molecular formula is C19H19NO6S. The molecule has 0 radical (unpaired) electrons. The molecule has 2 aliphatic rings. The second-order valence-electron chi connectivity index (χ2n) is 7.05. The van der Waals surface area contributed by atoms with Gasteiger partial charge in [0.1, 0.15) is 24.0 Å². The van der Waals surface area contributed by atoms with E-state index in [0.717, 1.165) is 6.42 Å². The van der Waals surface area contributed by atoms with Crippen LogP contribution < -0.4 is 5.63 Å². The van der Waals surface area contributed by atoms with E-state index in [0.29, 0.717) is 28.7 Å². The van der Waals surface area contributed by atoms with E-state index in [1.807, 2.05) is 6.92 Å². The number of hydrogen-bond acceptors (Lipinski definition) is 7. The first-order chi connectivity index (χ1) is 12.8. The van der Waals surface area contributed by atoms with Crippen LogP contribution in [0.1, 0.15) is 30.9 Å². The number of ether oxygens (including phenoxy) is 1. The molecule has 0 bridgehead atoms. The standard InChI is InChI=1S/C19H19NO6S/c1-10-14(21)4-3-12-11(7-16(23)26-17(10)12)8-25-18(24)13-9-27-19(2)6-5-15(22)20(13)19/h3-4,7,13,21H,5-6,8-9H2,1-2H3/t13-,19-/m1/s1. The second kappa shape index (κ2) is 6.30. The number of amides is 1. The summed E-state index contributed by atoms with van der Waals surface area (Å²) in [6.07, 6.45) is 1.17. The Morgan fingerprint density at radius 1 is 1.44 bits per heavy atom. The fraction of sp³-hybridized carbons (Fsp3) is 0.421. The van der Waals surface area contributed by atoms with Gasteiger partial charge in [0.2, 0.25) is 5.91 Å². The first-order valence-electron chi connectivity index (χ1n) is 8.68. The summed E-state index contributed by atoms with van der Waals surface area (Å²) in [5.41, 5.74) is 0.635.